The van der Waals surface area contributed by atoms with E-state index in [9.17, 15) is 18.0 Å². The quantitative estimate of drug-likeness (QED) is 0.700. The number of aromatic nitrogens is 2. The summed E-state index contributed by atoms with van der Waals surface area (Å²) in [4.78, 5) is 29.9. The van der Waals surface area contributed by atoms with Gasteiger partial charge >= 0.3 is 12.1 Å². The molecule has 2 fully saturated rings. The van der Waals surface area contributed by atoms with Crippen LogP contribution in [0.2, 0.25) is 0 Å². The minimum Gasteiger partial charge on any atom is -0.475 e. The first-order chi connectivity index (χ1) is 12.6. The number of carboxylic acid groups (broad SMARTS) is 1. The minimum absolute atomic E-state index is 0.0489. The van der Waals surface area contributed by atoms with Crippen LogP contribution in [0, 0.1) is 12.3 Å². The molecule has 3 N–H and O–H groups in total. The van der Waals surface area contributed by atoms with Crippen LogP contribution in [0.3, 0.4) is 0 Å². The van der Waals surface area contributed by atoms with Crippen molar-refractivity contribution in [2.45, 2.75) is 38.6 Å². The highest BCUT2D eigenvalue weighted by atomic mass is 19.4. The van der Waals surface area contributed by atoms with E-state index >= 15 is 0 Å². The summed E-state index contributed by atoms with van der Waals surface area (Å²) in [5, 5.41) is 13.4. The van der Waals surface area contributed by atoms with E-state index in [2.05, 4.69) is 20.6 Å². The van der Waals surface area contributed by atoms with Gasteiger partial charge in [0.1, 0.15) is 0 Å². The van der Waals surface area contributed by atoms with Gasteiger partial charge in [-0.05, 0) is 26.3 Å². The first-order valence-corrected chi connectivity index (χ1v) is 8.33. The summed E-state index contributed by atoms with van der Waals surface area (Å²) in [6.07, 6.45) is 0.0691. The molecule has 0 aromatic carbocycles. The molecule has 27 heavy (non-hydrogen) atoms. The van der Waals surface area contributed by atoms with Gasteiger partial charge in [-0.15, -0.1) is 0 Å². The molecule has 2 atom stereocenters. The highest BCUT2D eigenvalue weighted by Gasteiger charge is 2.51. The van der Waals surface area contributed by atoms with Gasteiger partial charge in [-0.25, -0.2) is 4.79 Å². The number of alkyl halides is 3. The lowest BCUT2D eigenvalue weighted by molar-refractivity contribution is -0.192. The van der Waals surface area contributed by atoms with Gasteiger partial charge in [0, 0.05) is 19.3 Å². The van der Waals surface area contributed by atoms with E-state index in [4.69, 9.17) is 14.6 Å². The number of halogens is 3. The first kappa shape index (κ1) is 21.0. The number of carboxylic acids is 1. The Morgan fingerprint density at radius 2 is 2.11 bits per heavy atom. The van der Waals surface area contributed by atoms with Gasteiger partial charge in [0.15, 0.2) is 0 Å². The van der Waals surface area contributed by atoms with Gasteiger partial charge in [0.05, 0.1) is 35.6 Å². The molecule has 0 bridgehead atoms. The van der Waals surface area contributed by atoms with Gasteiger partial charge in [0.25, 0.3) is 0 Å². The zero-order chi connectivity index (χ0) is 20.1. The Hall–Kier alpha value is -2.27. The fourth-order valence-electron chi connectivity index (χ4n) is 3.01. The van der Waals surface area contributed by atoms with Crippen LogP contribution in [-0.4, -0.2) is 58.9 Å². The van der Waals surface area contributed by atoms with Crippen LogP contribution in [0.4, 0.5) is 13.2 Å². The summed E-state index contributed by atoms with van der Waals surface area (Å²) < 4.78 is 37.5. The fraction of sp³-hybridized carbons (Fsp3) is 0.625. The summed E-state index contributed by atoms with van der Waals surface area (Å²) >= 11 is 0. The molecule has 0 unspecified atom stereocenters. The summed E-state index contributed by atoms with van der Waals surface area (Å²) in [5.41, 5.74) is 1.25. The van der Waals surface area contributed by atoms with Crippen molar-refractivity contribution in [3.05, 3.63) is 23.8 Å². The van der Waals surface area contributed by atoms with E-state index in [0.29, 0.717) is 19.7 Å². The molecular weight excluding hydrogens is 369 g/mol. The molecule has 3 rings (SSSR count). The first-order valence-electron chi connectivity index (χ1n) is 8.33. The van der Waals surface area contributed by atoms with Crippen LogP contribution in [0.1, 0.15) is 24.2 Å². The van der Waals surface area contributed by atoms with Crippen molar-refractivity contribution >= 4 is 11.9 Å². The third kappa shape index (κ3) is 5.36. The van der Waals surface area contributed by atoms with E-state index < -0.39 is 17.6 Å². The van der Waals surface area contributed by atoms with E-state index in [0.717, 1.165) is 30.8 Å². The molecule has 2 aliphatic heterocycles. The van der Waals surface area contributed by atoms with Crippen molar-refractivity contribution in [1.82, 2.24) is 20.6 Å². The largest absolute Gasteiger partial charge is 0.490 e. The van der Waals surface area contributed by atoms with E-state index in [1.165, 1.54) is 0 Å². The molecule has 3 heterocycles. The maximum absolute atomic E-state index is 12.6. The second kappa shape index (κ2) is 8.61. The van der Waals surface area contributed by atoms with Crippen LogP contribution in [0.5, 0.6) is 0 Å². The Kier molecular flexibility index (Phi) is 6.71. The summed E-state index contributed by atoms with van der Waals surface area (Å²) in [7, 11) is 0. The average Bonchev–Trinajstić information content (AvgIpc) is 3.06. The Balaban J connectivity index is 0.000000321. The number of rotatable bonds is 3. The SMILES string of the molecule is Cc1cnc(CNC(=O)[C@@]23CCO[C@@H]2CCNC3)cn1.O=C(O)C(F)(F)F. The number of piperidine rings is 1. The molecule has 1 amide bonds. The smallest absolute Gasteiger partial charge is 0.475 e. The van der Waals surface area contributed by atoms with E-state index in [-0.39, 0.29) is 12.0 Å². The van der Waals surface area contributed by atoms with Gasteiger partial charge in [-0.2, -0.15) is 13.2 Å². The predicted molar refractivity (Wildman–Crippen MR) is 86.6 cm³/mol. The molecule has 0 radical (unpaired) electrons. The third-order valence-electron chi connectivity index (χ3n) is 4.47. The van der Waals surface area contributed by atoms with Crippen LogP contribution in [-0.2, 0) is 20.9 Å². The highest BCUT2D eigenvalue weighted by Crippen LogP contribution is 2.38. The maximum atomic E-state index is 12.6. The number of carbonyl (C=O) groups excluding carboxylic acids is 1. The van der Waals surface area contributed by atoms with Crippen LogP contribution in [0.25, 0.3) is 0 Å². The number of hydrogen-bond donors (Lipinski definition) is 3. The molecule has 11 heteroatoms. The summed E-state index contributed by atoms with van der Waals surface area (Å²) in [6.45, 7) is 4.60. The molecule has 150 valence electrons. The molecule has 1 aromatic rings. The maximum Gasteiger partial charge on any atom is 0.490 e. The number of nitrogens with one attached hydrogen (secondary N) is 2. The van der Waals surface area contributed by atoms with Crippen molar-refractivity contribution in [2.24, 2.45) is 5.41 Å². The van der Waals surface area contributed by atoms with Gasteiger partial charge in [-0.1, -0.05) is 0 Å². The minimum atomic E-state index is -5.08. The Morgan fingerprint density at radius 3 is 2.70 bits per heavy atom. The molecule has 0 saturated carbocycles. The molecule has 0 spiro atoms. The summed E-state index contributed by atoms with van der Waals surface area (Å²) in [5.74, 6) is -2.69. The van der Waals surface area contributed by atoms with E-state index in [1.54, 1.807) is 12.4 Å². The number of ether oxygens (including phenoxy) is 1. The van der Waals surface area contributed by atoms with Crippen LogP contribution in [0.15, 0.2) is 12.4 Å². The lowest BCUT2D eigenvalue weighted by Gasteiger charge is -2.36. The lowest BCUT2D eigenvalue weighted by Crippen LogP contribution is -2.55. The van der Waals surface area contributed by atoms with Gasteiger partial charge in [0.2, 0.25) is 5.91 Å². The summed E-state index contributed by atoms with van der Waals surface area (Å²) in [6, 6.07) is 0. The number of fused-ring (bicyclic) bond motifs is 1. The molecule has 0 aliphatic carbocycles. The molecule has 2 aliphatic rings. The zero-order valence-electron chi connectivity index (χ0n) is 14.7. The average molecular weight is 390 g/mol. The predicted octanol–water partition coefficient (Wildman–Crippen LogP) is 0.803. The zero-order valence-corrected chi connectivity index (χ0v) is 14.7. The number of aliphatic carboxylic acids is 1. The van der Waals surface area contributed by atoms with Crippen molar-refractivity contribution in [1.29, 1.82) is 0 Å². The number of aryl methyl sites for hydroxylation is 1. The topological polar surface area (TPSA) is 113 Å². The Labute approximate surface area is 153 Å². The number of hydrogen-bond acceptors (Lipinski definition) is 6. The molecule has 1 aromatic heterocycles. The van der Waals surface area contributed by atoms with Crippen LogP contribution >= 0.6 is 0 Å². The molecule has 2 saturated heterocycles. The standard InChI is InChI=1S/C14H20N4O2.C2HF3O2/c1-10-6-17-11(7-16-10)8-18-13(19)14-3-5-20-12(14)2-4-15-9-14;3-2(4,5)1(6)7/h6-7,12,15H,2-5,8-9H2,1H3,(H,18,19);(H,6,7)/t12-,14-;/m1./s1. The third-order valence-corrected chi connectivity index (χ3v) is 4.47. The van der Waals surface area contributed by atoms with Gasteiger partial charge in [-0.3, -0.25) is 14.8 Å². The second-order valence-electron chi connectivity index (χ2n) is 6.37. The van der Waals surface area contributed by atoms with Crippen LogP contribution < -0.4 is 10.6 Å². The van der Waals surface area contributed by atoms with Crippen molar-refractivity contribution < 1.29 is 32.6 Å². The number of amides is 1. The fourth-order valence-corrected chi connectivity index (χ4v) is 3.01. The second-order valence-corrected chi connectivity index (χ2v) is 6.37. The molecule has 8 nitrogen and oxygen atoms in total. The van der Waals surface area contributed by atoms with Crippen molar-refractivity contribution in [3.63, 3.8) is 0 Å². The number of nitrogens with zero attached hydrogens (tertiary/aromatic N) is 2. The Morgan fingerprint density at radius 1 is 1.41 bits per heavy atom. The van der Waals surface area contributed by atoms with Gasteiger partial charge < -0.3 is 20.5 Å². The Bertz CT molecular complexity index is 669. The lowest BCUT2D eigenvalue weighted by atomic mass is 9.76. The van der Waals surface area contributed by atoms with Crippen molar-refractivity contribution in [2.75, 3.05) is 19.7 Å². The highest BCUT2D eigenvalue weighted by molar-refractivity contribution is 5.84. The molecular formula is C16H21F3N4O4. The number of carbonyl (C=O) groups is 2. The van der Waals surface area contributed by atoms with Crippen molar-refractivity contribution in [3.8, 4) is 0 Å². The van der Waals surface area contributed by atoms with E-state index in [1.807, 2.05) is 6.92 Å². The monoisotopic (exact) mass is 390 g/mol. The normalized spacial score (nSPS) is 24.4.